The van der Waals surface area contributed by atoms with Crippen LogP contribution in [0.1, 0.15) is 11.5 Å². The fraction of sp³-hybridized carbons (Fsp3) is 0.533. The van der Waals surface area contributed by atoms with Crippen molar-refractivity contribution in [3.8, 4) is 5.75 Å². The Morgan fingerprint density at radius 3 is 2.80 bits per heavy atom. The fourth-order valence-corrected chi connectivity index (χ4v) is 2.46. The molecule has 5 heteroatoms. The van der Waals surface area contributed by atoms with Crippen molar-refractivity contribution in [1.82, 2.24) is 9.80 Å². The van der Waals surface area contributed by atoms with E-state index in [1.165, 1.54) is 5.56 Å². The van der Waals surface area contributed by atoms with Crippen molar-refractivity contribution in [2.75, 3.05) is 46.9 Å². The van der Waals surface area contributed by atoms with Crippen molar-refractivity contribution >= 4 is 5.97 Å². The molecule has 110 valence electrons. The predicted molar refractivity (Wildman–Crippen MR) is 77.3 cm³/mol. The van der Waals surface area contributed by atoms with Crippen molar-refractivity contribution in [3.63, 3.8) is 0 Å². The summed E-state index contributed by atoms with van der Waals surface area (Å²) in [5.41, 5.74) is 1.19. The molecule has 0 amide bonds. The summed E-state index contributed by atoms with van der Waals surface area (Å²) in [6.45, 7) is 3.03. The molecule has 1 unspecified atom stereocenters. The third kappa shape index (κ3) is 3.95. The van der Waals surface area contributed by atoms with Gasteiger partial charge < -0.3 is 14.7 Å². The zero-order valence-corrected chi connectivity index (χ0v) is 12.1. The van der Waals surface area contributed by atoms with E-state index in [2.05, 4.69) is 11.0 Å². The zero-order valence-electron chi connectivity index (χ0n) is 12.1. The van der Waals surface area contributed by atoms with Crippen LogP contribution in [0.2, 0.25) is 0 Å². The monoisotopic (exact) mass is 278 g/mol. The van der Waals surface area contributed by atoms with Crippen LogP contribution < -0.4 is 4.74 Å². The highest BCUT2D eigenvalue weighted by molar-refractivity contribution is 5.69. The average molecular weight is 278 g/mol. The summed E-state index contributed by atoms with van der Waals surface area (Å²) in [5.74, 6) is 0.407. The Morgan fingerprint density at radius 2 is 2.10 bits per heavy atom. The van der Waals surface area contributed by atoms with E-state index in [1.54, 1.807) is 0 Å². The number of ether oxygens (including phenoxy) is 1. The van der Waals surface area contributed by atoms with Crippen molar-refractivity contribution in [2.45, 2.75) is 5.92 Å². The Labute approximate surface area is 119 Å². The molecule has 0 saturated carbocycles. The van der Waals surface area contributed by atoms with Gasteiger partial charge in [0.25, 0.3) is 0 Å². The number of fused-ring (bicyclic) bond motifs is 1. The topological polar surface area (TPSA) is 53.0 Å². The van der Waals surface area contributed by atoms with E-state index in [0.29, 0.717) is 6.61 Å². The van der Waals surface area contributed by atoms with Gasteiger partial charge in [-0.1, -0.05) is 18.2 Å². The standard InChI is InChI=1S/C15H22N2O3/c1-16(2)7-8-17(10-15(18)19)9-12-11-20-14-6-4-3-5-13(12)14/h3-6,12H,7-11H2,1-2H3,(H,18,19). The first kappa shape index (κ1) is 14.8. The Balaban J connectivity index is 1.99. The molecule has 1 aromatic rings. The smallest absolute Gasteiger partial charge is 0.317 e. The number of carboxylic acid groups (broad SMARTS) is 1. The molecule has 0 aliphatic carbocycles. The quantitative estimate of drug-likeness (QED) is 0.810. The number of aliphatic carboxylic acids is 1. The van der Waals surface area contributed by atoms with Crippen LogP contribution in [0, 0.1) is 0 Å². The largest absolute Gasteiger partial charge is 0.493 e. The summed E-state index contributed by atoms with van der Waals surface area (Å²) in [6.07, 6.45) is 0. The number of hydrogen-bond donors (Lipinski definition) is 1. The van der Waals surface area contributed by atoms with Crippen LogP contribution in [-0.2, 0) is 4.79 Å². The third-order valence-electron chi connectivity index (χ3n) is 3.50. The van der Waals surface area contributed by atoms with Gasteiger partial charge in [-0.15, -0.1) is 0 Å². The molecule has 0 aromatic heterocycles. The highest BCUT2D eigenvalue weighted by Gasteiger charge is 2.26. The summed E-state index contributed by atoms with van der Waals surface area (Å²) in [7, 11) is 3.99. The molecule has 0 bridgehead atoms. The molecule has 1 aliphatic rings. The average Bonchev–Trinajstić information content (AvgIpc) is 2.79. The number of carbonyl (C=O) groups is 1. The van der Waals surface area contributed by atoms with E-state index in [0.717, 1.165) is 25.4 Å². The van der Waals surface area contributed by atoms with Crippen LogP contribution in [0.5, 0.6) is 5.75 Å². The van der Waals surface area contributed by atoms with Gasteiger partial charge in [-0.2, -0.15) is 0 Å². The van der Waals surface area contributed by atoms with E-state index >= 15 is 0 Å². The summed E-state index contributed by atoms with van der Waals surface area (Å²) in [4.78, 5) is 15.0. The molecular formula is C15H22N2O3. The number of benzene rings is 1. The maximum atomic E-state index is 11.0. The van der Waals surface area contributed by atoms with E-state index in [1.807, 2.05) is 37.2 Å². The molecule has 1 atom stereocenters. The number of para-hydroxylation sites is 1. The molecule has 0 spiro atoms. The molecular weight excluding hydrogens is 256 g/mol. The summed E-state index contributed by atoms with van der Waals surface area (Å²) < 4.78 is 5.66. The van der Waals surface area contributed by atoms with Crippen LogP contribution in [0.25, 0.3) is 0 Å². The third-order valence-corrected chi connectivity index (χ3v) is 3.50. The SMILES string of the molecule is CN(C)CCN(CC(=O)O)CC1COc2ccccc21. The number of carboxylic acids is 1. The van der Waals surface area contributed by atoms with Gasteiger partial charge in [-0.25, -0.2) is 0 Å². The van der Waals surface area contributed by atoms with Crippen LogP contribution >= 0.6 is 0 Å². The molecule has 1 aliphatic heterocycles. The molecule has 5 nitrogen and oxygen atoms in total. The number of nitrogens with zero attached hydrogens (tertiary/aromatic N) is 2. The number of hydrogen-bond acceptors (Lipinski definition) is 4. The summed E-state index contributed by atoms with van der Waals surface area (Å²) in [6, 6.07) is 8.00. The second-order valence-electron chi connectivity index (χ2n) is 5.48. The number of likely N-dealkylation sites (N-methyl/N-ethyl adjacent to an activating group) is 1. The normalized spacial score (nSPS) is 17.3. The highest BCUT2D eigenvalue weighted by Crippen LogP contribution is 2.33. The lowest BCUT2D eigenvalue weighted by Crippen LogP contribution is -2.38. The van der Waals surface area contributed by atoms with E-state index < -0.39 is 5.97 Å². The zero-order chi connectivity index (χ0) is 14.5. The summed E-state index contributed by atoms with van der Waals surface area (Å²) >= 11 is 0. The van der Waals surface area contributed by atoms with Crippen LogP contribution in [0.4, 0.5) is 0 Å². The van der Waals surface area contributed by atoms with Crippen LogP contribution in [0.3, 0.4) is 0 Å². The number of rotatable bonds is 7. The van der Waals surface area contributed by atoms with E-state index in [-0.39, 0.29) is 12.5 Å². The minimum absolute atomic E-state index is 0.0759. The second kappa shape index (κ2) is 6.72. The van der Waals surface area contributed by atoms with Crippen molar-refractivity contribution in [3.05, 3.63) is 29.8 Å². The van der Waals surface area contributed by atoms with Gasteiger partial charge >= 0.3 is 5.97 Å². The first-order valence-electron chi connectivity index (χ1n) is 6.87. The summed E-state index contributed by atoms with van der Waals surface area (Å²) in [5, 5.41) is 9.03. The minimum atomic E-state index is -0.782. The van der Waals surface area contributed by atoms with Crippen molar-refractivity contribution in [2.24, 2.45) is 0 Å². The van der Waals surface area contributed by atoms with Gasteiger partial charge in [0, 0.05) is 31.1 Å². The predicted octanol–water partition coefficient (Wildman–Crippen LogP) is 1.11. The lowest BCUT2D eigenvalue weighted by Gasteiger charge is -2.24. The Morgan fingerprint density at radius 1 is 1.35 bits per heavy atom. The van der Waals surface area contributed by atoms with Crippen molar-refractivity contribution < 1.29 is 14.6 Å². The molecule has 1 aromatic carbocycles. The molecule has 2 rings (SSSR count). The van der Waals surface area contributed by atoms with Gasteiger partial charge in [0.2, 0.25) is 0 Å². The lowest BCUT2D eigenvalue weighted by atomic mass is 10.0. The molecule has 0 radical (unpaired) electrons. The first-order valence-corrected chi connectivity index (χ1v) is 6.87. The van der Waals surface area contributed by atoms with Gasteiger partial charge in [0.1, 0.15) is 5.75 Å². The molecule has 0 saturated heterocycles. The maximum Gasteiger partial charge on any atom is 0.317 e. The minimum Gasteiger partial charge on any atom is -0.493 e. The lowest BCUT2D eigenvalue weighted by molar-refractivity contribution is -0.138. The van der Waals surface area contributed by atoms with Crippen LogP contribution in [0.15, 0.2) is 24.3 Å². The van der Waals surface area contributed by atoms with E-state index in [9.17, 15) is 4.79 Å². The molecule has 0 fully saturated rings. The van der Waals surface area contributed by atoms with Gasteiger partial charge in [-0.3, -0.25) is 9.69 Å². The van der Waals surface area contributed by atoms with Gasteiger partial charge in [-0.05, 0) is 20.2 Å². The highest BCUT2D eigenvalue weighted by atomic mass is 16.5. The maximum absolute atomic E-state index is 11.0. The Bertz CT molecular complexity index is 462. The molecule has 1 N–H and O–H groups in total. The Hall–Kier alpha value is -1.59. The van der Waals surface area contributed by atoms with Crippen LogP contribution in [-0.4, -0.2) is 67.8 Å². The van der Waals surface area contributed by atoms with Crippen molar-refractivity contribution in [1.29, 1.82) is 0 Å². The fourth-order valence-electron chi connectivity index (χ4n) is 2.46. The first-order chi connectivity index (χ1) is 9.56. The molecule has 1 heterocycles. The molecule has 20 heavy (non-hydrogen) atoms. The van der Waals surface area contributed by atoms with Gasteiger partial charge in [0.15, 0.2) is 0 Å². The van der Waals surface area contributed by atoms with E-state index in [4.69, 9.17) is 9.84 Å². The van der Waals surface area contributed by atoms with Gasteiger partial charge in [0.05, 0.1) is 13.2 Å². The second-order valence-corrected chi connectivity index (χ2v) is 5.48. The Kier molecular flexibility index (Phi) is 4.98.